The lowest BCUT2D eigenvalue weighted by atomic mass is 10.1. The Morgan fingerprint density at radius 3 is 1.71 bits per heavy atom. The van der Waals surface area contributed by atoms with Crippen molar-refractivity contribution in [2.75, 3.05) is 32.8 Å². The summed E-state index contributed by atoms with van der Waals surface area (Å²) in [6.45, 7) is 9.96. The highest BCUT2D eigenvalue weighted by molar-refractivity contribution is 5.73. The second-order valence-electron chi connectivity index (χ2n) is 8.13. The van der Waals surface area contributed by atoms with Gasteiger partial charge in [-0.2, -0.15) is 39.5 Å². The number of ether oxygens (including phenoxy) is 1. The zero-order valence-electron chi connectivity index (χ0n) is 20.9. The van der Waals surface area contributed by atoms with Crippen molar-refractivity contribution in [2.24, 2.45) is 0 Å². The molecule has 2 fully saturated rings. The van der Waals surface area contributed by atoms with Gasteiger partial charge in [-0.15, -0.1) is 6.58 Å². The third-order valence-electron chi connectivity index (χ3n) is 4.99. The summed E-state index contributed by atoms with van der Waals surface area (Å²) in [4.78, 5) is 35.9. The van der Waals surface area contributed by atoms with E-state index in [0.29, 0.717) is 18.8 Å². The Hall–Kier alpha value is -3.45. The quantitative estimate of drug-likeness (QED) is 0.333. The van der Waals surface area contributed by atoms with Gasteiger partial charge in [0.2, 0.25) is 0 Å². The number of halogens is 9. The van der Waals surface area contributed by atoms with Gasteiger partial charge >= 0.3 is 36.4 Å². The maximum absolute atomic E-state index is 10.6. The molecule has 10 nitrogen and oxygen atoms in total. The lowest BCUT2D eigenvalue weighted by molar-refractivity contribution is -0.193. The van der Waals surface area contributed by atoms with Gasteiger partial charge in [0.05, 0.1) is 12.7 Å². The number of fused-ring (bicyclic) bond motifs is 1. The number of aliphatic carboxylic acids is 3. The number of alkyl halides is 9. The molecule has 0 bridgehead atoms. The van der Waals surface area contributed by atoms with Gasteiger partial charge in [-0.25, -0.2) is 14.4 Å². The summed E-state index contributed by atoms with van der Waals surface area (Å²) in [5, 5.41) is 21.4. The smallest absolute Gasteiger partial charge is 0.475 e. The molecule has 0 aromatic carbocycles. The molecule has 0 radical (unpaired) electrons. The number of carboxylic acid groups (broad SMARTS) is 3. The third-order valence-corrected chi connectivity index (χ3v) is 4.99. The van der Waals surface area contributed by atoms with Crippen molar-refractivity contribution in [3.63, 3.8) is 0 Å². The van der Waals surface area contributed by atoms with Crippen LogP contribution in [0.1, 0.15) is 12.0 Å². The maximum Gasteiger partial charge on any atom is 0.490 e. The summed E-state index contributed by atoms with van der Waals surface area (Å²) in [6.07, 6.45) is -8.12. The summed E-state index contributed by atoms with van der Waals surface area (Å²) in [5.41, 5.74) is 1.35. The van der Waals surface area contributed by atoms with Crippen molar-refractivity contribution in [3.8, 4) is 0 Å². The fourth-order valence-electron chi connectivity index (χ4n) is 3.28. The molecule has 2 atom stereocenters. The maximum atomic E-state index is 10.6. The van der Waals surface area contributed by atoms with E-state index in [4.69, 9.17) is 34.4 Å². The standard InChI is InChI=1S/C16H23N3O.3C2HF3O2/c1-2-9-20-16-10-15-12-18(7-8-19(15)13-16)11-14-3-5-17-6-4-14;3*3-2(4,5)1(6)7/h2-6,15-16H,1,7-13H2;3*(H,6,7)/t15-,16+;;;/m1.../s1. The minimum Gasteiger partial charge on any atom is -0.475 e. The van der Waals surface area contributed by atoms with Gasteiger partial charge in [-0.3, -0.25) is 14.8 Å². The molecule has 2 aliphatic heterocycles. The second kappa shape index (κ2) is 16.7. The lowest BCUT2D eigenvalue weighted by Crippen LogP contribution is -2.49. The SMILES string of the molecule is C=CCO[C@H]1C[C@@H]2CN(Cc3ccncc3)CCN2C1.O=C(O)C(F)(F)F.O=C(O)C(F)(F)F.O=C(O)C(F)(F)F. The van der Waals surface area contributed by atoms with E-state index in [1.807, 2.05) is 18.5 Å². The average Bonchev–Trinajstić information content (AvgIpc) is 3.25. The Balaban J connectivity index is 0.000000631. The molecule has 3 heterocycles. The number of piperazine rings is 1. The van der Waals surface area contributed by atoms with E-state index in [1.54, 1.807) is 0 Å². The number of rotatable bonds is 5. The van der Waals surface area contributed by atoms with E-state index in [0.717, 1.165) is 39.1 Å². The van der Waals surface area contributed by atoms with Crippen LogP contribution in [0.25, 0.3) is 0 Å². The summed E-state index contributed by atoms with van der Waals surface area (Å²) in [6, 6.07) is 4.87. The van der Waals surface area contributed by atoms with Crippen molar-refractivity contribution < 1.29 is 74.0 Å². The van der Waals surface area contributed by atoms with Crippen LogP contribution in [-0.4, -0.2) is 111 Å². The van der Waals surface area contributed by atoms with Gasteiger partial charge in [-0.05, 0) is 24.1 Å². The normalized spacial score (nSPS) is 19.1. The lowest BCUT2D eigenvalue weighted by Gasteiger charge is -2.37. The predicted molar refractivity (Wildman–Crippen MR) is 121 cm³/mol. The van der Waals surface area contributed by atoms with E-state index in [2.05, 4.69) is 33.5 Å². The van der Waals surface area contributed by atoms with Crippen molar-refractivity contribution in [1.29, 1.82) is 0 Å². The Labute approximate surface area is 226 Å². The Morgan fingerprint density at radius 2 is 1.32 bits per heavy atom. The van der Waals surface area contributed by atoms with Crippen molar-refractivity contribution in [1.82, 2.24) is 14.8 Å². The number of hydrogen-bond acceptors (Lipinski definition) is 7. The topological polar surface area (TPSA) is 140 Å². The molecule has 0 aliphatic carbocycles. The number of pyridine rings is 1. The van der Waals surface area contributed by atoms with Crippen LogP contribution in [0, 0.1) is 0 Å². The van der Waals surface area contributed by atoms with Crippen molar-refractivity contribution in [3.05, 3.63) is 42.7 Å². The monoisotopic (exact) mass is 615 g/mol. The number of nitrogens with zero attached hydrogens (tertiary/aromatic N) is 3. The van der Waals surface area contributed by atoms with Gasteiger partial charge in [0, 0.05) is 51.2 Å². The van der Waals surface area contributed by atoms with Gasteiger partial charge in [0.1, 0.15) is 0 Å². The van der Waals surface area contributed by atoms with Crippen LogP contribution >= 0.6 is 0 Å². The van der Waals surface area contributed by atoms with Crippen molar-refractivity contribution >= 4 is 17.9 Å². The molecule has 1 aromatic rings. The minimum absolute atomic E-state index is 0.388. The second-order valence-corrected chi connectivity index (χ2v) is 8.13. The first-order chi connectivity index (χ1) is 18.7. The molecular weight excluding hydrogens is 589 g/mol. The third kappa shape index (κ3) is 16.4. The molecule has 0 unspecified atom stereocenters. The molecule has 0 spiro atoms. The molecule has 19 heteroatoms. The molecule has 41 heavy (non-hydrogen) atoms. The molecule has 234 valence electrons. The van der Waals surface area contributed by atoms with E-state index < -0.39 is 36.4 Å². The average molecular weight is 615 g/mol. The summed E-state index contributed by atoms with van der Waals surface area (Å²) in [5.74, 6) is -8.27. The molecule has 3 N–H and O–H groups in total. The van der Waals surface area contributed by atoms with Crippen LogP contribution in [0.5, 0.6) is 0 Å². The van der Waals surface area contributed by atoms with E-state index >= 15 is 0 Å². The first kappa shape index (κ1) is 37.6. The predicted octanol–water partition coefficient (Wildman–Crippen LogP) is 3.44. The molecular formula is C22H26F9N3O7. The van der Waals surface area contributed by atoms with E-state index in [9.17, 15) is 39.5 Å². The van der Waals surface area contributed by atoms with Gasteiger partial charge in [0.25, 0.3) is 0 Å². The summed E-state index contributed by atoms with van der Waals surface area (Å²) in [7, 11) is 0. The zero-order chi connectivity index (χ0) is 32.0. The summed E-state index contributed by atoms with van der Waals surface area (Å²) < 4.78 is 101. The number of aromatic nitrogens is 1. The number of carbonyl (C=O) groups is 3. The molecule has 0 saturated carbocycles. The number of carboxylic acids is 3. The summed E-state index contributed by atoms with van der Waals surface area (Å²) >= 11 is 0. The Bertz CT molecular complexity index is 917. The zero-order valence-corrected chi connectivity index (χ0v) is 20.9. The highest BCUT2D eigenvalue weighted by Crippen LogP contribution is 2.25. The molecule has 2 aliphatic rings. The van der Waals surface area contributed by atoms with E-state index in [-0.39, 0.29) is 0 Å². The molecule has 3 rings (SSSR count). The van der Waals surface area contributed by atoms with Crippen LogP contribution in [0.2, 0.25) is 0 Å². The number of hydrogen-bond donors (Lipinski definition) is 3. The Morgan fingerprint density at radius 1 is 0.878 bits per heavy atom. The van der Waals surface area contributed by atoms with Crippen LogP contribution in [0.3, 0.4) is 0 Å². The largest absolute Gasteiger partial charge is 0.490 e. The first-order valence-electron chi connectivity index (χ1n) is 11.2. The van der Waals surface area contributed by atoms with Crippen LogP contribution in [-0.2, 0) is 25.7 Å². The Kier molecular flexibility index (Phi) is 15.3. The van der Waals surface area contributed by atoms with E-state index in [1.165, 1.54) is 5.56 Å². The van der Waals surface area contributed by atoms with Crippen LogP contribution < -0.4 is 0 Å². The van der Waals surface area contributed by atoms with Crippen LogP contribution in [0.15, 0.2) is 37.2 Å². The molecule has 0 amide bonds. The first-order valence-corrected chi connectivity index (χ1v) is 11.2. The van der Waals surface area contributed by atoms with Crippen LogP contribution in [0.4, 0.5) is 39.5 Å². The highest BCUT2D eigenvalue weighted by Gasteiger charge is 2.39. The van der Waals surface area contributed by atoms with Gasteiger partial charge < -0.3 is 20.1 Å². The van der Waals surface area contributed by atoms with Gasteiger partial charge in [-0.1, -0.05) is 6.08 Å². The minimum atomic E-state index is -5.08. The fourth-order valence-corrected chi connectivity index (χ4v) is 3.28. The molecule has 1 aromatic heterocycles. The van der Waals surface area contributed by atoms with Crippen molar-refractivity contribution in [2.45, 2.75) is 43.6 Å². The van der Waals surface area contributed by atoms with Gasteiger partial charge in [0.15, 0.2) is 0 Å². The highest BCUT2D eigenvalue weighted by atomic mass is 19.4. The fraction of sp³-hybridized carbons (Fsp3) is 0.545. The molecule has 2 saturated heterocycles.